The standard InChI is InChI=1S/C9H11O.3C4H9.Sn/c1-2-9(10)8-6-4-3-5-7-8;3*1-3-4-2;/h3-7,9-10H,1-2H2;3*1,3-4H2,2H3;. The van der Waals surface area contributed by atoms with Crippen molar-refractivity contribution in [3.63, 3.8) is 0 Å². The molecular formula is C21H38OSn. The zero-order valence-corrected chi connectivity index (χ0v) is 18.5. The minimum absolute atomic E-state index is 0.253. The van der Waals surface area contributed by atoms with Crippen LogP contribution in [0.1, 0.15) is 77.4 Å². The van der Waals surface area contributed by atoms with E-state index in [0.29, 0.717) is 0 Å². The first-order valence-corrected chi connectivity index (χ1v) is 18.0. The minimum atomic E-state index is -2.07. The van der Waals surface area contributed by atoms with Gasteiger partial charge in [0.15, 0.2) is 0 Å². The van der Waals surface area contributed by atoms with Crippen molar-refractivity contribution >= 4 is 18.4 Å². The van der Waals surface area contributed by atoms with Crippen LogP contribution in [-0.2, 0) is 0 Å². The van der Waals surface area contributed by atoms with Crippen LogP contribution in [0.4, 0.5) is 0 Å². The zero-order valence-electron chi connectivity index (χ0n) is 15.7. The normalized spacial score (nSPS) is 13.2. The molecule has 0 aliphatic heterocycles. The van der Waals surface area contributed by atoms with Gasteiger partial charge >= 0.3 is 149 Å². The number of unbranched alkanes of at least 4 members (excludes halogenated alkanes) is 3. The maximum atomic E-state index is 10.6. The molecule has 0 saturated carbocycles. The Morgan fingerprint density at radius 1 is 0.783 bits per heavy atom. The van der Waals surface area contributed by atoms with E-state index in [1.54, 1.807) is 13.3 Å². The molecule has 0 aliphatic carbocycles. The molecule has 23 heavy (non-hydrogen) atoms. The van der Waals surface area contributed by atoms with Gasteiger partial charge in [-0.25, -0.2) is 0 Å². The second kappa shape index (κ2) is 12.4. The van der Waals surface area contributed by atoms with E-state index >= 15 is 0 Å². The quantitative estimate of drug-likeness (QED) is 0.339. The van der Waals surface area contributed by atoms with Crippen LogP contribution >= 0.6 is 0 Å². The van der Waals surface area contributed by atoms with Gasteiger partial charge in [0.25, 0.3) is 0 Å². The van der Waals surface area contributed by atoms with E-state index in [0.717, 1.165) is 12.0 Å². The summed E-state index contributed by atoms with van der Waals surface area (Å²) in [7, 11) is 0. The SMILES string of the molecule is CCC[CH2][Sn]([CH2]CCC)([CH2]CCC)[CH2]CC(O)c1ccccc1. The summed E-state index contributed by atoms with van der Waals surface area (Å²) in [6, 6.07) is 10.3. The van der Waals surface area contributed by atoms with Gasteiger partial charge in [0.05, 0.1) is 0 Å². The summed E-state index contributed by atoms with van der Waals surface area (Å²) in [5.74, 6) is 0. The Balaban J connectivity index is 2.71. The topological polar surface area (TPSA) is 20.2 Å². The summed E-state index contributed by atoms with van der Waals surface area (Å²) in [5, 5.41) is 10.6. The molecule has 0 fully saturated rings. The van der Waals surface area contributed by atoms with Crippen LogP contribution < -0.4 is 0 Å². The third-order valence-electron chi connectivity index (χ3n) is 5.31. The number of aliphatic hydroxyl groups is 1. The van der Waals surface area contributed by atoms with Crippen molar-refractivity contribution < 1.29 is 5.11 Å². The van der Waals surface area contributed by atoms with E-state index < -0.39 is 18.4 Å². The molecule has 0 spiro atoms. The molecule has 0 aromatic heterocycles. The van der Waals surface area contributed by atoms with E-state index in [1.807, 2.05) is 18.2 Å². The summed E-state index contributed by atoms with van der Waals surface area (Å²) in [4.78, 5) is 0. The molecule has 1 atom stereocenters. The fraction of sp³-hybridized carbons (Fsp3) is 0.714. The van der Waals surface area contributed by atoms with Crippen LogP contribution in [0.15, 0.2) is 30.3 Å². The van der Waals surface area contributed by atoms with Gasteiger partial charge < -0.3 is 0 Å². The van der Waals surface area contributed by atoms with Gasteiger partial charge in [-0.2, -0.15) is 0 Å². The molecule has 1 aromatic carbocycles. The number of benzene rings is 1. The van der Waals surface area contributed by atoms with Gasteiger partial charge in [0, 0.05) is 0 Å². The van der Waals surface area contributed by atoms with E-state index in [-0.39, 0.29) is 6.10 Å². The molecule has 0 saturated heterocycles. The molecule has 1 unspecified atom stereocenters. The van der Waals surface area contributed by atoms with Gasteiger partial charge in [-0.05, 0) is 0 Å². The fourth-order valence-electron chi connectivity index (χ4n) is 3.69. The summed E-state index contributed by atoms with van der Waals surface area (Å²) >= 11 is -2.07. The zero-order chi connectivity index (χ0) is 17.0. The third kappa shape index (κ3) is 8.07. The van der Waals surface area contributed by atoms with Crippen LogP contribution in [0.3, 0.4) is 0 Å². The average molecular weight is 425 g/mol. The molecule has 1 aromatic rings. The van der Waals surface area contributed by atoms with Crippen molar-refractivity contribution in [2.45, 2.75) is 89.6 Å². The van der Waals surface area contributed by atoms with E-state index in [1.165, 1.54) is 43.0 Å². The van der Waals surface area contributed by atoms with E-state index in [4.69, 9.17) is 0 Å². The summed E-state index contributed by atoms with van der Waals surface area (Å²) in [6.45, 7) is 6.99. The summed E-state index contributed by atoms with van der Waals surface area (Å²) in [6.07, 6.45) is 9.00. The Morgan fingerprint density at radius 3 is 1.70 bits per heavy atom. The second-order valence-electron chi connectivity index (χ2n) is 7.28. The fourth-order valence-corrected chi connectivity index (χ4v) is 19.9. The van der Waals surface area contributed by atoms with Crippen LogP contribution in [-0.4, -0.2) is 23.5 Å². The Labute approximate surface area is 148 Å². The van der Waals surface area contributed by atoms with Crippen molar-refractivity contribution in [1.82, 2.24) is 0 Å². The molecule has 1 N–H and O–H groups in total. The molecule has 0 radical (unpaired) electrons. The third-order valence-corrected chi connectivity index (χ3v) is 21.3. The maximum absolute atomic E-state index is 10.6. The van der Waals surface area contributed by atoms with Crippen molar-refractivity contribution in [2.75, 3.05) is 0 Å². The predicted molar refractivity (Wildman–Crippen MR) is 106 cm³/mol. The Kier molecular flexibility index (Phi) is 11.3. The molecule has 1 nitrogen and oxygen atoms in total. The van der Waals surface area contributed by atoms with Crippen LogP contribution in [0.5, 0.6) is 0 Å². The molecule has 0 heterocycles. The molecule has 0 bridgehead atoms. The predicted octanol–water partition coefficient (Wildman–Crippen LogP) is 6.96. The van der Waals surface area contributed by atoms with Crippen molar-refractivity contribution in [2.24, 2.45) is 0 Å². The first-order valence-electron chi connectivity index (χ1n) is 9.90. The van der Waals surface area contributed by atoms with Crippen molar-refractivity contribution in [3.8, 4) is 0 Å². The summed E-state index contributed by atoms with van der Waals surface area (Å²) in [5.41, 5.74) is 1.11. The van der Waals surface area contributed by atoms with Crippen molar-refractivity contribution in [1.29, 1.82) is 0 Å². The molecule has 0 aliphatic rings. The van der Waals surface area contributed by atoms with Crippen LogP contribution in [0, 0.1) is 0 Å². The number of rotatable bonds is 13. The van der Waals surface area contributed by atoms with Gasteiger partial charge in [0.2, 0.25) is 0 Å². The van der Waals surface area contributed by atoms with Gasteiger partial charge in [0.1, 0.15) is 0 Å². The van der Waals surface area contributed by atoms with Gasteiger partial charge in [-0.15, -0.1) is 0 Å². The number of aliphatic hydroxyl groups excluding tert-OH is 1. The molecule has 1 rings (SSSR count). The van der Waals surface area contributed by atoms with Crippen LogP contribution in [0.25, 0.3) is 0 Å². The monoisotopic (exact) mass is 426 g/mol. The average Bonchev–Trinajstić information content (AvgIpc) is 2.61. The van der Waals surface area contributed by atoms with E-state index in [2.05, 4.69) is 32.9 Å². The Bertz CT molecular complexity index is 368. The Morgan fingerprint density at radius 2 is 1.26 bits per heavy atom. The van der Waals surface area contributed by atoms with Crippen molar-refractivity contribution in [3.05, 3.63) is 35.9 Å². The van der Waals surface area contributed by atoms with E-state index in [9.17, 15) is 5.11 Å². The number of hydrogen-bond acceptors (Lipinski definition) is 1. The van der Waals surface area contributed by atoms with Gasteiger partial charge in [-0.3, -0.25) is 0 Å². The molecule has 0 amide bonds. The number of hydrogen-bond donors (Lipinski definition) is 1. The molecule has 2 heteroatoms. The van der Waals surface area contributed by atoms with Crippen LogP contribution in [0.2, 0.25) is 17.7 Å². The first-order chi connectivity index (χ1) is 11.2. The second-order valence-corrected chi connectivity index (χ2v) is 21.5. The molecule has 132 valence electrons. The van der Waals surface area contributed by atoms with Gasteiger partial charge in [-0.1, -0.05) is 0 Å². The molecular weight excluding hydrogens is 387 g/mol. The first kappa shape index (κ1) is 21.0. The Hall–Kier alpha value is -0.0213. The summed E-state index contributed by atoms with van der Waals surface area (Å²) < 4.78 is 6.02.